The van der Waals surface area contributed by atoms with Crippen LogP contribution in [0.2, 0.25) is 0 Å². The summed E-state index contributed by atoms with van der Waals surface area (Å²) in [7, 11) is 0. The quantitative estimate of drug-likeness (QED) is 0.186. The Morgan fingerprint density at radius 2 is 1.86 bits per heavy atom. The Morgan fingerprint density at radius 3 is 2.48 bits per heavy atom. The number of nitrogens with zero attached hydrogens (tertiary/aromatic N) is 1. The normalized spacial score (nSPS) is 12.0. The molecule has 2 aromatic rings. The first kappa shape index (κ1) is 23.2. The van der Waals surface area contributed by atoms with Gasteiger partial charge in [0.05, 0.1) is 4.92 Å². The number of halogens is 3. The van der Waals surface area contributed by atoms with Crippen LogP contribution in [0, 0.1) is 10.1 Å². The number of amides is 1. The van der Waals surface area contributed by atoms with Crippen molar-refractivity contribution in [2.24, 2.45) is 0 Å². The van der Waals surface area contributed by atoms with Gasteiger partial charge in [-0.25, -0.2) is 0 Å². The van der Waals surface area contributed by atoms with Gasteiger partial charge in [0, 0.05) is 23.4 Å². The highest BCUT2D eigenvalue weighted by molar-refractivity contribution is 7.80. The van der Waals surface area contributed by atoms with Crippen molar-refractivity contribution >= 4 is 69.4 Å². The monoisotopic (exact) mass is 474 g/mol. The average molecular weight is 476 g/mol. The van der Waals surface area contributed by atoms with Crippen molar-refractivity contribution in [2.45, 2.75) is 23.3 Å². The van der Waals surface area contributed by atoms with Gasteiger partial charge >= 0.3 is 0 Å². The van der Waals surface area contributed by atoms with Crippen LogP contribution in [-0.2, 0) is 6.42 Å². The Morgan fingerprint density at radius 1 is 1.17 bits per heavy atom. The fourth-order valence-corrected chi connectivity index (χ4v) is 2.97. The molecule has 0 aromatic heterocycles. The number of nitrogens with one attached hydrogen (secondary N) is 3. The summed E-state index contributed by atoms with van der Waals surface area (Å²) in [5.41, 5.74) is 1.61. The number of thiocarbonyl (C=S) groups is 1. The number of carbonyl (C=O) groups is 1. The number of hydrogen-bond acceptors (Lipinski definition) is 4. The van der Waals surface area contributed by atoms with Gasteiger partial charge in [0.15, 0.2) is 5.11 Å². The third-order valence-corrected chi connectivity index (χ3v) is 4.72. The third-order valence-electron chi connectivity index (χ3n) is 3.84. The minimum atomic E-state index is -1.95. The number of anilines is 1. The van der Waals surface area contributed by atoms with E-state index in [2.05, 4.69) is 16.0 Å². The van der Waals surface area contributed by atoms with Gasteiger partial charge in [0.2, 0.25) is 3.79 Å². The molecule has 0 aliphatic carbocycles. The van der Waals surface area contributed by atoms with Gasteiger partial charge in [0.1, 0.15) is 6.17 Å². The molecule has 1 amide bonds. The van der Waals surface area contributed by atoms with Gasteiger partial charge in [-0.15, -0.1) is 0 Å². The van der Waals surface area contributed by atoms with Gasteiger partial charge in [-0.2, -0.15) is 0 Å². The summed E-state index contributed by atoms with van der Waals surface area (Å²) < 4.78 is -1.95. The Labute approximate surface area is 187 Å². The molecule has 2 aromatic carbocycles. The van der Waals surface area contributed by atoms with Gasteiger partial charge in [-0.05, 0) is 36.3 Å². The number of benzene rings is 2. The van der Waals surface area contributed by atoms with Crippen LogP contribution in [0.3, 0.4) is 0 Å². The SMILES string of the molecule is CCc1ccccc1NC(=S)NC(NC(=O)c1cccc([N+](=O)[O-])c1)C(Cl)(Cl)Cl. The molecule has 0 bridgehead atoms. The molecule has 2 rings (SSSR count). The number of hydrogen-bond donors (Lipinski definition) is 3. The number of nitro benzene ring substituents is 1. The standard InChI is InChI=1S/C18H17Cl3N4O3S/c1-2-11-6-3-4-9-14(11)22-17(29)24-16(18(19,20)21)23-15(26)12-7-5-8-13(10-12)25(27)28/h3-10,16H,2H2,1H3,(H,23,26)(H2,22,24,29). The van der Waals surface area contributed by atoms with Crippen LogP contribution in [0.5, 0.6) is 0 Å². The second-order valence-electron chi connectivity index (χ2n) is 5.86. The average Bonchev–Trinajstić information content (AvgIpc) is 2.67. The van der Waals surface area contributed by atoms with Crippen molar-refractivity contribution in [2.75, 3.05) is 5.32 Å². The van der Waals surface area contributed by atoms with Crippen LogP contribution in [-0.4, -0.2) is 25.9 Å². The summed E-state index contributed by atoms with van der Waals surface area (Å²) in [6.45, 7) is 2.00. The molecular formula is C18H17Cl3N4O3S. The smallest absolute Gasteiger partial charge is 0.270 e. The molecule has 0 aliphatic heterocycles. The summed E-state index contributed by atoms with van der Waals surface area (Å²) in [6, 6.07) is 12.7. The molecule has 0 saturated heterocycles. The molecule has 11 heteroatoms. The van der Waals surface area contributed by atoms with E-state index in [1.165, 1.54) is 18.2 Å². The van der Waals surface area contributed by atoms with Crippen LogP contribution in [0.4, 0.5) is 11.4 Å². The van der Waals surface area contributed by atoms with E-state index in [-0.39, 0.29) is 16.4 Å². The Bertz CT molecular complexity index is 921. The zero-order valence-electron chi connectivity index (χ0n) is 15.1. The molecule has 29 heavy (non-hydrogen) atoms. The Balaban J connectivity index is 2.13. The lowest BCUT2D eigenvalue weighted by atomic mass is 10.1. The molecule has 7 nitrogen and oxygen atoms in total. The highest BCUT2D eigenvalue weighted by atomic mass is 35.6. The summed E-state index contributed by atoms with van der Waals surface area (Å²) in [6.07, 6.45) is -0.420. The highest BCUT2D eigenvalue weighted by Crippen LogP contribution is 2.29. The number of aryl methyl sites for hydroxylation is 1. The molecule has 0 fully saturated rings. The van der Waals surface area contributed by atoms with E-state index < -0.39 is 20.8 Å². The van der Waals surface area contributed by atoms with E-state index in [0.717, 1.165) is 23.7 Å². The molecule has 0 saturated carbocycles. The maximum atomic E-state index is 12.5. The first-order valence-corrected chi connectivity index (χ1v) is 9.93. The zero-order chi connectivity index (χ0) is 21.6. The molecule has 0 radical (unpaired) electrons. The van der Waals surface area contributed by atoms with Crippen LogP contribution in [0.15, 0.2) is 48.5 Å². The molecule has 1 atom stereocenters. The predicted octanol–water partition coefficient (Wildman–Crippen LogP) is 4.57. The minimum Gasteiger partial charge on any atom is -0.339 e. The molecule has 0 heterocycles. The number of nitro groups is 1. The molecule has 3 N–H and O–H groups in total. The highest BCUT2D eigenvalue weighted by Gasteiger charge is 2.35. The molecule has 154 valence electrons. The van der Waals surface area contributed by atoms with Gasteiger partial charge in [-0.3, -0.25) is 14.9 Å². The Hall–Kier alpha value is -2.13. The van der Waals surface area contributed by atoms with E-state index in [9.17, 15) is 14.9 Å². The van der Waals surface area contributed by atoms with Crippen LogP contribution in [0.1, 0.15) is 22.8 Å². The van der Waals surface area contributed by atoms with Crippen molar-refractivity contribution in [3.63, 3.8) is 0 Å². The molecule has 0 aliphatic rings. The van der Waals surface area contributed by atoms with Crippen molar-refractivity contribution in [1.29, 1.82) is 0 Å². The fraction of sp³-hybridized carbons (Fsp3) is 0.222. The summed E-state index contributed by atoms with van der Waals surface area (Å²) in [5.74, 6) is -0.672. The van der Waals surface area contributed by atoms with E-state index in [1.807, 2.05) is 31.2 Å². The third kappa shape index (κ3) is 6.71. The van der Waals surface area contributed by atoms with E-state index in [4.69, 9.17) is 47.0 Å². The topological polar surface area (TPSA) is 96.3 Å². The number of alkyl halides is 3. The second kappa shape index (κ2) is 10.1. The molecular weight excluding hydrogens is 459 g/mol. The predicted molar refractivity (Wildman–Crippen MR) is 120 cm³/mol. The van der Waals surface area contributed by atoms with Gasteiger partial charge < -0.3 is 16.0 Å². The van der Waals surface area contributed by atoms with Crippen molar-refractivity contribution in [3.05, 3.63) is 69.8 Å². The minimum absolute atomic E-state index is 0.0375. The molecule has 0 spiro atoms. The first-order chi connectivity index (χ1) is 13.6. The lowest BCUT2D eigenvalue weighted by molar-refractivity contribution is -0.384. The number of carbonyl (C=O) groups excluding carboxylic acids is 1. The maximum Gasteiger partial charge on any atom is 0.270 e. The lowest BCUT2D eigenvalue weighted by Gasteiger charge is -2.28. The largest absolute Gasteiger partial charge is 0.339 e. The van der Waals surface area contributed by atoms with Gasteiger partial charge in [0.25, 0.3) is 11.6 Å². The van der Waals surface area contributed by atoms with Crippen molar-refractivity contribution in [1.82, 2.24) is 10.6 Å². The van der Waals surface area contributed by atoms with Crippen LogP contribution >= 0.6 is 47.0 Å². The maximum absolute atomic E-state index is 12.5. The number of rotatable bonds is 6. The number of non-ortho nitro benzene ring substituents is 1. The van der Waals surface area contributed by atoms with Crippen molar-refractivity contribution < 1.29 is 9.72 Å². The van der Waals surface area contributed by atoms with E-state index in [0.29, 0.717) is 0 Å². The lowest BCUT2D eigenvalue weighted by Crippen LogP contribution is -2.56. The van der Waals surface area contributed by atoms with Crippen molar-refractivity contribution in [3.8, 4) is 0 Å². The first-order valence-electron chi connectivity index (χ1n) is 8.39. The summed E-state index contributed by atoms with van der Waals surface area (Å²) in [4.78, 5) is 22.8. The fourth-order valence-electron chi connectivity index (χ4n) is 2.41. The van der Waals surface area contributed by atoms with E-state index in [1.54, 1.807) is 0 Å². The van der Waals surface area contributed by atoms with Crippen LogP contribution < -0.4 is 16.0 Å². The Kier molecular flexibility index (Phi) is 8.04. The summed E-state index contributed by atoms with van der Waals surface area (Å²) >= 11 is 23.2. The number of para-hydroxylation sites is 1. The second-order valence-corrected chi connectivity index (χ2v) is 8.64. The summed E-state index contributed by atoms with van der Waals surface area (Å²) in [5, 5.41) is 19.3. The molecule has 1 unspecified atom stereocenters. The van der Waals surface area contributed by atoms with Crippen LogP contribution in [0.25, 0.3) is 0 Å². The van der Waals surface area contributed by atoms with E-state index >= 15 is 0 Å². The zero-order valence-corrected chi connectivity index (χ0v) is 18.2. The van der Waals surface area contributed by atoms with Gasteiger partial charge in [-0.1, -0.05) is 66.0 Å².